The summed E-state index contributed by atoms with van der Waals surface area (Å²) >= 11 is 12.2. The lowest BCUT2D eigenvalue weighted by molar-refractivity contribution is -0.122. The summed E-state index contributed by atoms with van der Waals surface area (Å²) in [6, 6.07) is 12.2. The molecule has 2 aromatic carbocycles. The maximum absolute atomic E-state index is 12.5. The van der Waals surface area contributed by atoms with Gasteiger partial charge in [0.25, 0.3) is 0 Å². The number of halogens is 2. The summed E-state index contributed by atoms with van der Waals surface area (Å²) in [7, 11) is 0. The van der Waals surface area contributed by atoms with Gasteiger partial charge in [0.15, 0.2) is 0 Å². The standard InChI is InChI=1S/C19H18Cl2N2O3/c1-2-26-14-8-6-13(7-9-14)22-19(25)12-10-17(24)23(11-12)16-5-3-4-15(20)18(16)21/h3-9,12H,2,10-11H2,1H3,(H,22,25)/t12-/m0/s1. The fourth-order valence-electron chi connectivity index (χ4n) is 2.86. The highest BCUT2D eigenvalue weighted by Crippen LogP contribution is 2.35. The van der Waals surface area contributed by atoms with E-state index < -0.39 is 5.92 Å². The molecule has 1 aliphatic heterocycles. The molecule has 7 heteroatoms. The van der Waals surface area contributed by atoms with E-state index in [0.717, 1.165) is 5.75 Å². The Morgan fingerprint density at radius 1 is 1.23 bits per heavy atom. The number of hydrogen-bond acceptors (Lipinski definition) is 3. The van der Waals surface area contributed by atoms with Crippen LogP contribution in [0.3, 0.4) is 0 Å². The number of nitrogens with one attached hydrogen (secondary N) is 1. The number of rotatable bonds is 5. The zero-order valence-corrected chi connectivity index (χ0v) is 15.7. The molecule has 1 heterocycles. The van der Waals surface area contributed by atoms with Gasteiger partial charge in [0, 0.05) is 18.7 Å². The topological polar surface area (TPSA) is 58.6 Å². The van der Waals surface area contributed by atoms with Crippen LogP contribution in [0.2, 0.25) is 10.0 Å². The van der Waals surface area contributed by atoms with Crippen LogP contribution in [0.1, 0.15) is 13.3 Å². The summed E-state index contributed by atoms with van der Waals surface area (Å²) in [5.41, 5.74) is 1.19. The summed E-state index contributed by atoms with van der Waals surface area (Å²) in [6.45, 7) is 2.75. The van der Waals surface area contributed by atoms with Crippen LogP contribution in [0.5, 0.6) is 5.75 Å². The third-order valence-electron chi connectivity index (χ3n) is 4.15. The van der Waals surface area contributed by atoms with Gasteiger partial charge in [-0.2, -0.15) is 0 Å². The number of hydrogen-bond donors (Lipinski definition) is 1. The molecule has 0 bridgehead atoms. The van der Waals surface area contributed by atoms with Crippen LogP contribution in [-0.4, -0.2) is 25.0 Å². The average Bonchev–Trinajstić information content (AvgIpc) is 3.01. The molecule has 0 spiro atoms. The highest BCUT2D eigenvalue weighted by Gasteiger charge is 2.36. The van der Waals surface area contributed by atoms with Crippen LogP contribution in [0.15, 0.2) is 42.5 Å². The highest BCUT2D eigenvalue weighted by molar-refractivity contribution is 6.44. The molecule has 26 heavy (non-hydrogen) atoms. The molecule has 2 aromatic rings. The molecule has 1 saturated heterocycles. The highest BCUT2D eigenvalue weighted by atomic mass is 35.5. The summed E-state index contributed by atoms with van der Waals surface area (Å²) in [4.78, 5) is 26.4. The molecule has 0 saturated carbocycles. The minimum absolute atomic E-state index is 0.131. The molecule has 1 aliphatic rings. The Kier molecular flexibility index (Phi) is 5.69. The second kappa shape index (κ2) is 7.98. The fourth-order valence-corrected chi connectivity index (χ4v) is 3.26. The van der Waals surface area contributed by atoms with Crippen molar-refractivity contribution >= 4 is 46.4 Å². The molecule has 0 radical (unpaired) electrons. The first-order valence-electron chi connectivity index (χ1n) is 8.27. The first-order chi connectivity index (χ1) is 12.5. The molecule has 0 aromatic heterocycles. The van der Waals surface area contributed by atoms with E-state index in [0.29, 0.717) is 28.0 Å². The Morgan fingerprint density at radius 3 is 2.65 bits per heavy atom. The van der Waals surface area contributed by atoms with Crippen molar-refractivity contribution in [1.29, 1.82) is 0 Å². The molecular weight excluding hydrogens is 375 g/mol. The SMILES string of the molecule is CCOc1ccc(NC(=O)[C@H]2CC(=O)N(c3cccc(Cl)c3Cl)C2)cc1. The normalized spacial score (nSPS) is 16.7. The Hall–Kier alpha value is -2.24. The number of ether oxygens (including phenoxy) is 1. The van der Waals surface area contributed by atoms with Gasteiger partial charge in [-0.1, -0.05) is 29.3 Å². The summed E-state index contributed by atoms with van der Waals surface area (Å²) in [6.07, 6.45) is 0.131. The van der Waals surface area contributed by atoms with E-state index in [-0.39, 0.29) is 24.8 Å². The minimum atomic E-state index is -0.455. The molecule has 5 nitrogen and oxygen atoms in total. The molecule has 2 amide bonds. The number of benzene rings is 2. The van der Waals surface area contributed by atoms with Gasteiger partial charge in [-0.25, -0.2) is 0 Å². The van der Waals surface area contributed by atoms with Crippen molar-refractivity contribution in [3.63, 3.8) is 0 Å². The predicted molar refractivity (Wildman–Crippen MR) is 103 cm³/mol. The largest absolute Gasteiger partial charge is 0.494 e. The van der Waals surface area contributed by atoms with Gasteiger partial charge in [0.1, 0.15) is 5.75 Å². The third-order valence-corrected chi connectivity index (χ3v) is 4.96. The maximum atomic E-state index is 12.5. The minimum Gasteiger partial charge on any atom is -0.494 e. The molecule has 136 valence electrons. The van der Waals surface area contributed by atoms with Gasteiger partial charge < -0.3 is 15.0 Å². The lowest BCUT2D eigenvalue weighted by Crippen LogP contribution is -2.28. The molecular formula is C19H18Cl2N2O3. The quantitative estimate of drug-likeness (QED) is 0.820. The van der Waals surface area contributed by atoms with Crippen LogP contribution in [0.25, 0.3) is 0 Å². The summed E-state index contributed by atoms with van der Waals surface area (Å²) in [5.74, 6) is -0.0726. The maximum Gasteiger partial charge on any atom is 0.229 e. The van der Waals surface area contributed by atoms with Crippen molar-refractivity contribution in [1.82, 2.24) is 0 Å². The van der Waals surface area contributed by atoms with E-state index in [1.54, 1.807) is 42.5 Å². The van der Waals surface area contributed by atoms with Gasteiger partial charge in [-0.3, -0.25) is 9.59 Å². The number of carbonyl (C=O) groups is 2. The van der Waals surface area contributed by atoms with Crippen molar-refractivity contribution < 1.29 is 14.3 Å². The zero-order chi connectivity index (χ0) is 18.7. The molecule has 3 rings (SSSR count). The van der Waals surface area contributed by atoms with Crippen molar-refractivity contribution in [2.45, 2.75) is 13.3 Å². The Morgan fingerprint density at radius 2 is 1.96 bits per heavy atom. The monoisotopic (exact) mass is 392 g/mol. The number of carbonyl (C=O) groups excluding carboxylic acids is 2. The van der Waals surface area contributed by atoms with E-state index in [4.69, 9.17) is 27.9 Å². The van der Waals surface area contributed by atoms with Crippen molar-refractivity contribution in [3.05, 3.63) is 52.5 Å². The van der Waals surface area contributed by atoms with Gasteiger partial charge >= 0.3 is 0 Å². The smallest absolute Gasteiger partial charge is 0.229 e. The van der Waals surface area contributed by atoms with Crippen LogP contribution in [-0.2, 0) is 9.59 Å². The second-order valence-electron chi connectivity index (χ2n) is 5.92. The van der Waals surface area contributed by atoms with Crippen LogP contribution in [0.4, 0.5) is 11.4 Å². The summed E-state index contributed by atoms with van der Waals surface area (Å²) < 4.78 is 5.38. The van der Waals surface area contributed by atoms with E-state index in [2.05, 4.69) is 5.32 Å². The van der Waals surface area contributed by atoms with Crippen molar-refractivity contribution in [2.24, 2.45) is 5.92 Å². The van der Waals surface area contributed by atoms with E-state index in [1.807, 2.05) is 6.92 Å². The van der Waals surface area contributed by atoms with Gasteiger partial charge in [-0.05, 0) is 43.3 Å². The lowest BCUT2D eigenvalue weighted by Gasteiger charge is -2.18. The van der Waals surface area contributed by atoms with Crippen LogP contribution in [0, 0.1) is 5.92 Å². The molecule has 1 fully saturated rings. The molecule has 0 unspecified atom stereocenters. The Balaban J connectivity index is 1.68. The number of amides is 2. The van der Waals surface area contributed by atoms with Crippen LogP contribution >= 0.6 is 23.2 Å². The molecule has 1 atom stereocenters. The van der Waals surface area contributed by atoms with Gasteiger partial charge in [-0.15, -0.1) is 0 Å². The van der Waals surface area contributed by atoms with Crippen molar-refractivity contribution in [2.75, 3.05) is 23.4 Å². The number of nitrogens with zero attached hydrogens (tertiary/aromatic N) is 1. The Bertz CT molecular complexity index is 824. The lowest BCUT2D eigenvalue weighted by atomic mass is 10.1. The van der Waals surface area contributed by atoms with Gasteiger partial charge in [0.05, 0.1) is 28.3 Å². The second-order valence-corrected chi connectivity index (χ2v) is 6.71. The van der Waals surface area contributed by atoms with E-state index in [1.165, 1.54) is 4.90 Å². The average molecular weight is 393 g/mol. The zero-order valence-electron chi connectivity index (χ0n) is 14.2. The van der Waals surface area contributed by atoms with E-state index in [9.17, 15) is 9.59 Å². The predicted octanol–water partition coefficient (Wildman–Crippen LogP) is 4.38. The fraction of sp³-hybridized carbons (Fsp3) is 0.263. The number of anilines is 2. The van der Waals surface area contributed by atoms with E-state index >= 15 is 0 Å². The molecule has 1 N–H and O–H groups in total. The Labute approximate surface area is 161 Å². The first kappa shape index (κ1) is 18.5. The van der Waals surface area contributed by atoms with Gasteiger partial charge in [0.2, 0.25) is 11.8 Å². The first-order valence-corrected chi connectivity index (χ1v) is 9.03. The van der Waals surface area contributed by atoms with Crippen LogP contribution < -0.4 is 15.0 Å². The molecule has 0 aliphatic carbocycles. The van der Waals surface area contributed by atoms with Crippen molar-refractivity contribution in [3.8, 4) is 5.75 Å². The summed E-state index contributed by atoms with van der Waals surface area (Å²) in [5, 5.41) is 3.53. The third kappa shape index (κ3) is 3.94.